The molecule has 0 saturated carbocycles. The van der Waals surface area contributed by atoms with Gasteiger partial charge in [-0.05, 0) is 38.9 Å². The van der Waals surface area contributed by atoms with Crippen LogP contribution in [0.2, 0.25) is 0 Å². The summed E-state index contributed by atoms with van der Waals surface area (Å²) in [7, 11) is -1.18. The van der Waals surface area contributed by atoms with Gasteiger partial charge in [-0.1, -0.05) is 13.8 Å². The van der Waals surface area contributed by atoms with Crippen molar-refractivity contribution in [2.24, 2.45) is 0 Å². The summed E-state index contributed by atoms with van der Waals surface area (Å²) in [5.41, 5.74) is 0.574. The second-order valence-electron chi connectivity index (χ2n) is 7.53. The summed E-state index contributed by atoms with van der Waals surface area (Å²) in [6, 6.07) is 2.77. The summed E-state index contributed by atoms with van der Waals surface area (Å²) in [5.74, 6) is 0.770. The van der Waals surface area contributed by atoms with E-state index >= 15 is 0 Å². The minimum Gasteiger partial charge on any atom is -0.504 e. The van der Waals surface area contributed by atoms with Gasteiger partial charge in [-0.15, -0.1) is 0 Å². The number of anilines is 2. The molecule has 152 valence electrons. The largest absolute Gasteiger partial charge is 0.504 e. The zero-order chi connectivity index (χ0) is 19.4. The topological polar surface area (TPSA) is 71.9 Å². The molecule has 0 radical (unpaired) electrons. The Morgan fingerprint density at radius 2 is 2.00 bits per heavy atom. The summed E-state index contributed by atoms with van der Waals surface area (Å²) in [6.45, 7) is 10.8. The lowest BCUT2D eigenvalue weighted by Crippen LogP contribution is -2.58. The molecule has 2 fully saturated rings. The van der Waals surface area contributed by atoms with Crippen LogP contribution in [-0.4, -0.2) is 81.7 Å². The van der Waals surface area contributed by atoms with Gasteiger partial charge in [0.15, 0.2) is 11.6 Å². The van der Waals surface area contributed by atoms with Gasteiger partial charge in [0.1, 0.15) is 11.0 Å². The highest BCUT2D eigenvalue weighted by atomic mass is 32.2. The van der Waals surface area contributed by atoms with E-state index in [-0.39, 0.29) is 5.75 Å². The number of aromatic nitrogens is 1. The number of likely N-dealkylation sites (tertiary alicyclic amines) is 1. The summed E-state index contributed by atoms with van der Waals surface area (Å²) in [4.78, 5) is 11.9. The monoisotopic (exact) mass is 395 g/mol. The Labute approximate surface area is 165 Å². The van der Waals surface area contributed by atoms with Crippen LogP contribution >= 0.6 is 0 Å². The fraction of sp³-hybridized carbons (Fsp3) is 0.737. The zero-order valence-electron chi connectivity index (χ0n) is 16.7. The van der Waals surface area contributed by atoms with Crippen molar-refractivity contribution in [3.8, 4) is 5.75 Å². The van der Waals surface area contributed by atoms with Crippen LogP contribution in [0.4, 0.5) is 11.5 Å². The first kappa shape index (κ1) is 20.4. The Hall–Kier alpha value is -1.38. The highest BCUT2D eigenvalue weighted by Gasteiger charge is 2.33. The molecule has 8 heteroatoms. The van der Waals surface area contributed by atoms with Crippen LogP contribution in [0.25, 0.3) is 0 Å². The molecule has 2 atom stereocenters. The van der Waals surface area contributed by atoms with E-state index in [1.54, 1.807) is 18.5 Å². The first-order chi connectivity index (χ1) is 13.0. The fourth-order valence-corrected chi connectivity index (χ4v) is 4.83. The molecule has 27 heavy (non-hydrogen) atoms. The zero-order valence-corrected chi connectivity index (χ0v) is 17.5. The maximum absolute atomic E-state index is 11.3. The van der Waals surface area contributed by atoms with E-state index in [4.69, 9.17) is 0 Å². The van der Waals surface area contributed by atoms with Crippen LogP contribution in [0, 0.1) is 0 Å². The summed E-state index contributed by atoms with van der Waals surface area (Å²) in [6.07, 6.45) is 6.80. The SMILES string of the molecule is CCC1CN(c2ncc(NS(C)=O)cc2O)CCN1C1CCN(CC)CC1. The van der Waals surface area contributed by atoms with Gasteiger partial charge in [0.2, 0.25) is 0 Å². The van der Waals surface area contributed by atoms with Crippen molar-refractivity contribution < 1.29 is 9.32 Å². The molecule has 0 spiro atoms. The molecule has 1 aromatic heterocycles. The van der Waals surface area contributed by atoms with Crippen LogP contribution in [-0.2, 0) is 11.0 Å². The van der Waals surface area contributed by atoms with E-state index in [1.807, 2.05) is 0 Å². The molecule has 0 amide bonds. The van der Waals surface area contributed by atoms with Crippen LogP contribution in [0.5, 0.6) is 5.75 Å². The first-order valence-electron chi connectivity index (χ1n) is 10.0. The average Bonchev–Trinajstić information content (AvgIpc) is 2.67. The number of hydrogen-bond donors (Lipinski definition) is 2. The standard InChI is InChI=1S/C19H33N5O2S/c1-4-16-14-23(19-18(25)12-15(13-20-19)21-27(3)26)10-11-24(16)17-6-8-22(5-2)9-7-17/h12-13,16-17,21,25H,4-11,14H2,1-3H3. The van der Waals surface area contributed by atoms with E-state index in [2.05, 4.69) is 38.3 Å². The second-order valence-corrected chi connectivity index (χ2v) is 8.65. The van der Waals surface area contributed by atoms with Gasteiger partial charge >= 0.3 is 0 Å². The van der Waals surface area contributed by atoms with Crippen LogP contribution in [0.15, 0.2) is 12.3 Å². The number of rotatable bonds is 6. The number of nitrogens with one attached hydrogen (secondary N) is 1. The normalized spacial score (nSPS) is 24.1. The molecule has 2 saturated heterocycles. The minimum absolute atomic E-state index is 0.144. The summed E-state index contributed by atoms with van der Waals surface area (Å²) in [5, 5.41) is 10.4. The predicted octanol–water partition coefficient (Wildman–Crippen LogP) is 1.88. The van der Waals surface area contributed by atoms with Crippen molar-refractivity contribution in [1.29, 1.82) is 0 Å². The fourth-order valence-electron chi connectivity index (χ4n) is 4.38. The van der Waals surface area contributed by atoms with Crippen molar-refractivity contribution in [3.05, 3.63) is 12.3 Å². The molecule has 2 aliphatic rings. The quantitative estimate of drug-likeness (QED) is 0.766. The van der Waals surface area contributed by atoms with E-state index in [9.17, 15) is 9.32 Å². The molecule has 3 rings (SSSR count). The number of hydrogen-bond acceptors (Lipinski definition) is 6. The smallest absolute Gasteiger partial charge is 0.171 e. The summed E-state index contributed by atoms with van der Waals surface area (Å²) >= 11 is 0. The maximum Gasteiger partial charge on any atom is 0.171 e. The van der Waals surface area contributed by atoms with Crippen molar-refractivity contribution in [3.63, 3.8) is 0 Å². The van der Waals surface area contributed by atoms with Crippen molar-refractivity contribution in [2.75, 3.05) is 55.1 Å². The Kier molecular flexibility index (Phi) is 6.94. The van der Waals surface area contributed by atoms with Gasteiger partial charge in [0, 0.05) is 44.0 Å². The third-order valence-corrected chi connectivity index (χ3v) is 6.40. The van der Waals surface area contributed by atoms with E-state index < -0.39 is 11.0 Å². The number of nitrogens with zero attached hydrogens (tertiary/aromatic N) is 4. The van der Waals surface area contributed by atoms with Crippen molar-refractivity contribution in [2.45, 2.75) is 45.2 Å². The molecule has 1 aromatic rings. The Bertz CT molecular complexity index is 651. The maximum atomic E-state index is 11.3. The van der Waals surface area contributed by atoms with E-state index in [0.29, 0.717) is 23.6 Å². The molecule has 0 aromatic carbocycles. The molecule has 2 aliphatic heterocycles. The van der Waals surface area contributed by atoms with Gasteiger partial charge in [0.25, 0.3) is 0 Å². The molecule has 0 bridgehead atoms. The lowest BCUT2D eigenvalue weighted by molar-refractivity contribution is 0.0646. The molecule has 2 unspecified atom stereocenters. The lowest BCUT2D eigenvalue weighted by atomic mass is 9.98. The van der Waals surface area contributed by atoms with Crippen molar-refractivity contribution in [1.82, 2.24) is 14.8 Å². The van der Waals surface area contributed by atoms with E-state index in [0.717, 1.165) is 32.6 Å². The predicted molar refractivity (Wildman–Crippen MR) is 112 cm³/mol. The molecule has 7 nitrogen and oxygen atoms in total. The van der Waals surface area contributed by atoms with E-state index in [1.165, 1.54) is 25.9 Å². The molecule has 2 N–H and O–H groups in total. The number of pyridine rings is 1. The minimum atomic E-state index is -1.18. The first-order valence-corrected chi connectivity index (χ1v) is 11.6. The summed E-state index contributed by atoms with van der Waals surface area (Å²) < 4.78 is 14.1. The van der Waals surface area contributed by atoms with Crippen LogP contribution in [0.1, 0.15) is 33.1 Å². The Morgan fingerprint density at radius 3 is 2.59 bits per heavy atom. The van der Waals surface area contributed by atoms with Crippen molar-refractivity contribution >= 4 is 22.5 Å². The Balaban J connectivity index is 1.65. The molecule has 3 heterocycles. The van der Waals surface area contributed by atoms with Gasteiger partial charge < -0.3 is 19.6 Å². The number of aromatic hydroxyl groups is 1. The number of piperazine rings is 1. The number of piperidine rings is 1. The lowest BCUT2D eigenvalue weighted by Gasteiger charge is -2.47. The van der Waals surface area contributed by atoms with Gasteiger partial charge in [0.05, 0.1) is 11.9 Å². The van der Waals surface area contributed by atoms with Gasteiger partial charge in [-0.2, -0.15) is 0 Å². The van der Waals surface area contributed by atoms with Gasteiger partial charge in [-0.25, -0.2) is 9.19 Å². The molecule has 0 aliphatic carbocycles. The highest BCUT2D eigenvalue weighted by Crippen LogP contribution is 2.31. The highest BCUT2D eigenvalue weighted by molar-refractivity contribution is 7.85. The third kappa shape index (κ3) is 4.92. The average molecular weight is 396 g/mol. The second kappa shape index (κ2) is 9.21. The molecular weight excluding hydrogens is 362 g/mol. The van der Waals surface area contributed by atoms with Crippen LogP contribution in [0.3, 0.4) is 0 Å². The molecular formula is C19H33N5O2S. The van der Waals surface area contributed by atoms with Crippen LogP contribution < -0.4 is 9.62 Å². The third-order valence-electron chi connectivity index (χ3n) is 5.88. The van der Waals surface area contributed by atoms with Gasteiger partial charge in [-0.3, -0.25) is 4.90 Å². The Morgan fingerprint density at radius 1 is 1.26 bits per heavy atom.